The van der Waals surface area contributed by atoms with Gasteiger partial charge in [0.1, 0.15) is 0 Å². The fourth-order valence-electron chi connectivity index (χ4n) is 2.90. The molecule has 0 saturated carbocycles. The van der Waals surface area contributed by atoms with Gasteiger partial charge < -0.3 is 5.32 Å². The van der Waals surface area contributed by atoms with Crippen molar-refractivity contribution in [3.8, 4) is 0 Å². The molecule has 2 heteroatoms. The van der Waals surface area contributed by atoms with Crippen LogP contribution in [0.15, 0.2) is 53.6 Å². The third-order valence-corrected chi connectivity index (χ3v) is 6.00. The lowest BCUT2D eigenvalue weighted by molar-refractivity contribution is 0.515. The summed E-state index contributed by atoms with van der Waals surface area (Å²) in [5, 5.41) is 5.73. The van der Waals surface area contributed by atoms with Gasteiger partial charge in [-0.3, -0.25) is 0 Å². The van der Waals surface area contributed by atoms with E-state index in [4.69, 9.17) is 0 Å². The Balaban J connectivity index is 2.55. The summed E-state index contributed by atoms with van der Waals surface area (Å²) in [6, 6.07) is 8.94. The Kier molecular flexibility index (Phi) is 12.0. The van der Waals surface area contributed by atoms with E-state index in [-0.39, 0.29) is 0 Å². The quantitative estimate of drug-likeness (QED) is 0.343. The normalized spacial score (nSPS) is 12.2. The first-order chi connectivity index (χ1) is 13.0. The van der Waals surface area contributed by atoms with Gasteiger partial charge in [0.05, 0.1) is 0 Å². The van der Waals surface area contributed by atoms with Crippen molar-refractivity contribution >= 4 is 16.7 Å². The van der Waals surface area contributed by atoms with Gasteiger partial charge in [-0.25, -0.2) is 0 Å². The molecule has 0 spiro atoms. The van der Waals surface area contributed by atoms with E-state index in [1.807, 2.05) is 11.8 Å². The van der Waals surface area contributed by atoms with Crippen molar-refractivity contribution in [3.63, 3.8) is 0 Å². The first-order valence-electron chi connectivity index (χ1n) is 10.5. The van der Waals surface area contributed by atoms with E-state index in [1.54, 1.807) is 0 Å². The summed E-state index contributed by atoms with van der Waals surface area (Å²) in [6.07, 6.45) is 9.81. The van der Waals surface area contributed by atoms with E-state index in [2.05, 4.69) is 82.3 Å². The van der Waals surface area contributed by atoms with Crippen LogP contribution in [-0.2, 0) is 6.54 Å². The lowest BCUT2D eigenvalue weighted by Crippen LogP contribution is -2.17. The maximum absolute atomic E-state index is 4.25. The second kappa shape index (κ2) is 13.7. The first-order valence-corrected chi connectivity index (χ1v) is 11.4. The molecule has 0 fully saturated rings. The average Bonchev–Trinajstić information content (AvgIpc) is 2.67. The Labute approximate surface area is 172 Å². The van der Waals surface area contributed by atoms with Gasteiger partial charge in [-0.2, -0.15) is 0 Å². The molecule has 0 heterocycles. The van der Waals surface area contributed by atoms with Crippen molar-refractivity contribution in [1.29, 1.82) is 0 Å². The van der Waals surface area contributed by atoms with Crippen molar-refractivity contribution in [2.24, 2.45) is 5.92 Å². The third kappa shape index (κ3) is 9.37. The number of thioether (sulfide) groups is 1. The van der Waals surface area contributed by atoms with Crippen molar-refractivity contribution in [1.82, 2.24) is 5.32 Å². The summed E-state index contributed by atoms with van der Waals surface area (Å²) in [5.41, 5.74) is 5.13. The van der Waals surface area contributed by atoms with Crippen LogP contribution in [0.5, 0.6) is 0 Å². The Morgan fingerprint density at radius 2 is 1.81 bits per heavy atom. The molecular formula is C25H39NS. The van der Waals surface area contributed by atoms with Gasteiger partial charge in [0, 0.05) is 17.1 Å². The zero-order chi connectivity index (χ0) is 20.1. The van der Waals surface area contributed by atoms with Crippen LogP contribution < -0.4 is 5.32 Å². The Morgan fingerprint density at radius 1 is 1.11 bits per heavy atom. The van der Waals surface area contributed by atoms with Crippen LogP contribution in [0, 0.1) is 5.92 Å². The molecule has 0 aromatic heterocycles. The van der Waals surface area contributed by atoms with E-state index in [0.717, 1.165) is 13.0 Å². The first kappa shape index (κ1) is 23.6. The van der Waals surface area contributed by atoms with Crippen molar-refractivity contribution in [3.05, 3.63) is 64.7 Å². The Hall–Kier alpha value is -1.41. The lowest BCUT2D eigenvalue weighted by Gasteiger charge is -2.17. The maximum Gasteiger partial charge on any atom is 0.0397 e. The Bertz CT molecular complexity index is 606. The number of rotatable bonds is 13. The van der Waals surface area contributed by atoms with Crippen LogP contribution in [0.25, 0.3) is 4.91 Å². The van der Waals surface area contributed by atoms with E-state index in [9.17, 15) is 0 Å². The molecule has 1 nitrogen and oxygen atoms in total. The summed E-state index contributed by atoms with van der Waals surface area (Å²) in [5.74, 6) is 0.542. The minimum absolute atomic E-state index is 0.542. The molecule has 1 atom stereocenters. The van der Waals surface area contributed by atoms with Crippen LogP contribution in [0.4, 0.5) is 0 Å². The predicted molar refractivity (Wildman–Crippen MR) is 126 cm³/mol. The SMILES string of the molecule is C=C(NCc1ccc(C(S/C=C\CC)=C(C)C)cc1)C(C)CCCCCC. The highest BCUT2D eigenvalue weighted by molar-refractivity contribution is 8.10. The highest BCUT2D eigenvalue weighted by atomic mass is 32.2. The predicted octanol–water partition coefficient (Wildman–Crippen LogP) is 8.30. The molecule has 1 N–H and O–H groups in total. The van der Waals surface area contributed by atoms with Gasteiger partial charge >= 0.3 is 0 Å². The van der Waals surface area contributed by atoms with Crippen molar-refractivity contribution in [2.45, 2.75) is 79.7 Å². The van der Waals surface area contributed by atoms with E-state index in [0.29, 0.717) is 5.92 Å². The highest BCUT2D eigenvalue weighted by Crippen LogP contribution is 2.32. The van der Waals surface area contributed by atoms with Crippen LogP contribution in [-0.4, -0.2) is 0 Å². The fourth-order valence-corrected chi connectivity index (χ4v) is 3.83. The zero-order valence-electron chi connectivity index (χ0n) is 18.1. The summed E-state index contributed by atoms with van der Waals surface area (Å²) >= 11 is 1.82. The molecule has 0 saturated heterocycles. The topological polar surface area (TPSA) is 12.0 Å². The molecule has 0 bridgehead atoms. The summed E-state index contributed by atoms with van der Waals surface area (Å²) < 4.78 is 0. The largest absolute Gasteiger partial charge is 0.385 e. The lowest BCUT2D eigenvalue weighted by atomic mass is 10.00. The van der Waals surface area contributed by atoms with Gasteiger partial charge in [0.25, 0.3) is 0 Å². The van der Waals surface area contributed by atoms with Crippen LogP contribution in [0.1, 0.15) is 84.3 Å². The summed E-state index contributed by atoms with van der Waals surface area (Å²) in [6.45, 7) is 16.2. The fraction of sp³-hybridized carbons (Fsp3) is 0.520. The second-order valence-corrected chi connectivity index (χ2v) is 8.47. The third-order valence-electron chi connectivity index (χ3n) is 4.79. The number of allylic oxidation sites excluding steroid dienone is 3. The molecule has 150 valence electrons. The molecular weight excluding hydrogens is 346 g/mol. The average molecular weight is 386 g/mol. The van der Waals surface area contributed by atoms with Crippen LogP contribution in [0.2, 0.25) is 0 Å². The molecule has 0 aliphatic heterocycles. The molecule has 1 aromatic carbocycles. The minimum atomic E-state index is 0.542. The molecule has 27 heavy (non-hydrogen) atoms. The van der Waals surface area contributed by atoms with Gasteiger partial charge in [0.15, 0.2) is 0 Å². The standard InChI is InChI=1S/C25H39NS/c1-7-9-11-12-13-21(5)22(6)26-19-23-14-16-24(17-15-23)25(20(3)4)27-18-10-8-2/h10,14-18,21,26H,6-9,11-13,19H2,1-5H3/b18-10-. The smallest absolute Gasteiger partial charge is 0.0397 e. The van der Waals surface area contributed by atoms with Crippen LogP contribution in [0.3, 0.4) is 0 Å². The number of hydrogen-bond acceptors (Lipinski definition) is 2. The zero-order valence-corrected chi connectivity index (χ0v) is 18.9. The maximum atomic E-state index is 4.25. The number of nitrogens with one attached hydrogen (secondary N) is 1. The molecule has 1 unspecified atom stereocenters. The monoisotopic (exact) mass is 385 g/mol. The molecule has 0 radical (unpaired) electrons. The number of benzene rings is 1. The molecule has 0 aliphatic carbocycles. The van der Waals surface area contributed by atoms with Crippen LogP contribution >= 0.6 is 11.8 Å². The number of hydrogen-bond donors (Lipinski definition) is 1. The second-order valence-electron chi connectivity index (χ2n) is 7.55. The van der Waals surface area contributed by atoms with Gasteiger partial charge in [-0.1, -0.05) is 101 Å². The van der Waals surface area contributed by atoms with Crippen molar-refractivity contribution in [2.75, 3.05) is 0 Å². The van der Waals surface area contributed by atoms with Gasteiger partial charge in [-0.15, -0.1) is 0 Å². The molecule has 1 rings (SSSR count). The molecule has 0 amide bonds. The van der Waals surface area contributed by atoms with Crippen molar-refractivity contribution < 1.29 is 0 Å². The molecule has 1 aromatic rings. The Morgan fingerprint density at radius 3 is 2.41 bits per heavy atom. The minimum Gasteiger partial charge on any atom is -0.385 e. The van der Waals surface area contributed by atoms with E-state index >= 15 is 0 Å². The van der Waals surface area contributed by atoms with E-state index < -0.39 is 0 Å². The number of unbranched alkanes of at least 4 members (excludes halogenated alkanes) is 3. The van der Waals surface area contributed by atoms with Gasteiger partial charge in [0.2, 0.25) is 0 Å². The summed E-state index contributed by atoms with van der Waals surface area (Å²) in [4.78, 5) is 1.35. The highest BCUT2D eigenvalue weighted by Gasteiger charge is 2.07. The summed E-state index contributed by atoms with van der Waals surface area (Å²) in [7, 11) is 0. The van der Waals surface area contributed by atoms with Gasteiger partial charge in [-0.05, 0) is 49.1 Å². The molecule has 0 aliphatic rings. The van der Waals surface area contributed by atoms with E-state index in [1.165, 1.54) is 59.4 Å².